The monoisotopic (exact) mass is 627 g/mol. The highest BCUT2D eigenvalue weighted by atomic mass is 16.6. The molecule has 0 aromatic heterocycles. The fourth-order valence-corrected chi connectivity index (χ4v) is 2.49. The molecule has 0 bridgehead atoms. The van der Waals surface area contributed by atoms with Crippen LogP contribution in [-0.2, 0) is 47.4 Å². The number of rotatable bonds is 25. The van der Waals surface area contributed by atoms with Crippen molar-refractivity contribution in [2.45, 2.75) is 20.1 Å². The minimum Gasteiger partial charge on any atom is -0.465 e. The van der Waals surface area contributed by atoms with Crippen molar-refractivity contribution < 1.29 is 66.6 Å². The Bertz CT molecular complexity index is 775. The standard InChI is InChI=1S/C24H45N5O14/c1-3-38-20(30)18-29-24(34)42-15-12-37-8-5-27-22(32)40-13-10-35-7-4-26-21(31)41-14-11-36-9-6-28-23(33)43-17-16-39-19(2)25/h19H,3-18,25H2,1-2H3,(H,26,31)(H,27,32)(H,28,33)(H,29,34). The maximum Gasteiger partial charge on any atom is 0.407 e. The zero-order valence-corrected chi connectivity index (χ0v) is 24.7. The summed E-state index contributed by atoms with van der Waals surface area (Å²) in [6.45, 7) is 4.96. The number of hydrogen-bond donors (Lipinski definition) is 5. The van der Waals surface area contributed by atoms with Crippen LogP contribution in [0.4, 0.5) is 19.2 Å². The quantitative estimate of drug-likeness (QED) is 0.0346. The minimum absolute atomic E-state index is 0.00220. The summed E-state index contributed by atoms with van der Waals surface area (Å²) in [7, 11) is 0. The van der Waals surface area contributed by atoms with E-state index in [1.54, 1.807) is 13.8 Å². The van der Waals surface area contributed by atoms with Gasteiger partial charge in [0.2, 0.25) is 0 Å². The van der Waals surface area contributed by atoms with Crippen molar-refractivity contribution in [2.75, 3.05) is 105 Å². The summed E-state index contributed by atoms with van der Waals surface area (Å²) in [5, 5.41) is 9.67. The summed E-state index contributed by atoms with van der Waals surface area (Å²) < 4.78 is 44.8. The Morgan fingerprint density at radius 1 is 0.535 bits per heavy atom. The van der Waals surface area contributed by atoms with E-state index in [1.807, 2.05) is 0 Å². The Morgan fingerprint density at radius 3 is 1.28 bits per heavy atom. The number of ether oxygens (including phenoxy) is 9. The molecule has 0 radical (unpaired) electrons. The highest BCUT2D eigenvalue weighted by Gasteiger charge is 2.07. The molecule has 0 aromatic carbocycles. The van der Waals surface area contributed by atoms with Gasteiger partial charge in [-0.05, 0) is 13.8 Å². The predicted octanol–water partition coefficient (Wildman–Crippen LogP) is -1.17. The van der Waals surface area contributed by atoms with Crippen molar-refractivity contribution in [2.24, 2.45) is 5.73 Å². The maximum atomic E-state index is 11.6. The van der Waals surface area contributed by atoms with Gasteiger partial charge in [-0.2, -0.15) is 0 Å². The van der Waals surface area contributed by atoms with Crippen LogP contribution in [0, 0.1) is 0 Å². The Morgan fingerprint density at radius 2 is 0.907 bits per heavy atom. The largest absolute Gasteiger partial charge is 0.465 e. The first kappa shape index (κ1) is 39.4. The van der Waals surface area contributed by atoms with Crippen LogP contribution >= 0.6 is 0 Å². The second-order valence-corrected chi connectivity index (χ2v) is 7.90. The summed E-state index contributed by atoms with van der Waals surface area (Å²) >= 11 is 0. The van der Waals surface area contributed by atoms with Crippen molar-refractivity contribution in [3.63, 3.8) is 0 Å². The highest BCUT2D eigenvalue weighted by molar-refractivity contribution is 5.77. The van der Waals surface area contributed by atoms with E-state index in [0.717, 1.165) is 0 Å². The van der Waals surface area contributed by atoms with E-state index in [9.17, 15) is 24.0 Å². The number of nitrogens with one attached hydrogen (secondary N) is 4. The second-order valence-electron chi connectivity index (χ2n) is 7.90. The third-order valence-corrected chi connectivity index (χ3v) is 4.31. The molecule has 0 saturated carbocycles. The molecule has 6 N–H and O–H groups in total. The van der Waals surface area contributed by atoms with E-state index in [1.165, 1.54) is 0 Å². The Balaban J connectivity index is 3.42. The Labute approximate surface area is 250 Å². The topological polar surface area (TPSA) is 243 Å². The molecule has 0 saturated heterocycles. The van der Waals surface area contributed by atoms with Crippen LogP contribution < -0.4 is 27.0 Å². The summed E-state index contributed by atoms with van der Waals surface area (Å²) in [5.41, 5.74) is 5.39. The zero-order valence-electron chi connectivity index (χ0n) is 24.7. The van der Waals surface area contributed by atoms with Gasteiger partial charge in [0.15, 0.2) is 0 Å². The number of carbonyl (C=O) groups is 5. The first-order valence-corrected chi connectivity index (χ1v) is 13.6. The first-order valence-electron chi connectivity index (χ1n) is 13.6. The SMILES string of the molecule is CCOC(=O)CNC(=O)OCCOCCNC(=O)OCCOCCNC(=O)OCCOCCNC(=O)OCCOC(C)N. The van der Waals surface area contributed by atoms with Gasteiger partial charge in [0, 0.05) is 19.6 Å². The van der Waals surface area contributed by atoms with Gasteiger partial charge in [0.05, 0.1) is 52.9 Å². The smallest absolute Gasteiger partial charge is 0.407 e. The van der Waals surface area contributed by atoms with Crippen molar-refractivity contribution >= 4 is 30.3 Å². The van der Waals surface area contributed by atoms with Gasteiger partial charge in [0.25, 0.3) is 0 Å². The number of hydrogen-bond acceptors (Lipinski definition) is 15. The third kappa shape index (κ3) is 29.6. The average molecular weight is 628 g/mol. The predicted molar refractivity (Wildman–Crippen MR) is 146 cm³/mol. The maximum absolute atomic E-state index is 11.6. The first-order chi connectivity index (χ1) is 20.7. The van der Waals surface area contributed by atoms with Gasteiger partial charge < -0.3 is 69.6 Å². The van der Waals surface area contributed by atoms with Crippen LogP contribution in [0.1, 0.15) is 13.8 Å². The lowest BCUT2D eigenvalue weighted by Crippen LogP contribution is -2.32. The fourth-order valence-electron chi connectivity index (χ4n) is 2.49. The van der Waals surface area contributed by atoms with E-state index in [2.05, 4.69) is 26.0 Å². The number of alkyl carbamates (subject to hydrolysis) is 4. The molecular weight excluding hydrogens is 582 g/mol. The van der Waals surface area contributed by atoms with Gasteiger partial charge in [0.1, 0.15) is 39.2 Å². The van der Waals surface area contributed by atoms with Crippen molar-refractivity contribution in [3.05, 3.63) is 0 Å². The molecule has 43 heavy (non-hydrogen) atoms. The van der Waals surface area contributed by atoms with Gasteiger partial charge in [-0.15, -0.1) is 0 Å². The molecule has 19 nitrogen and oxygen atoms in total. The van der Waals surface area contributed by atoms with Crippen molar-refractivity contribution in [3.8, 4) is 0 Å². The van der Waals surface area contributed by atoms with Crippen LogP contribution in [0.15, 0.2) is 0 Å². The average Bonchev–Trinajstić information content (AvgIpc) is 2.96. The van der Waals surface area contributed by atoms with Crippen LogP contribution in [0.2, 0.25) is 0 Å². The Hall–Kier alpha value is -3.65. The van der Waals surface area contributed by atoms with E-state index in [-0.39, 0.29) is 105 Å². The summed E-state index contributed by atoms with van der Waals surface area (Å²) in [6, 6.07) is 0. The molecule has 0 fully saturated rings. The van der Waals surface area contributed by atoms with Crippen LogP contribution in [0.5, 0.6) is 0 Å². The van der Waals surface area contributed by atoms with Crippen LogP contribution in [0.25, 0.3) is 0 Å². The minimum atomic E-state index is -0.776. The summed E-state index contributed by atoms with van der Waals surface area (Å²) in [5.74, 6) is -0.569. The fraction of sp³-hybridized carbons (Fsp3) is 0.792. The highest BCUT2D eigenvalue weighted by Crippen LogP contribution is 1.86. The van der Waals surface area contributed by atoms with E-state index < -0.39 is 36.6 Å². The molecular formula is C24H45N5O14. The van der Waals surface area contributed by atoms with E-state index >= 15 is 0 Å². The number of nitrogens with two attached hydrogens (primary N) is 1. The molecule has 0 spiro atoms. The molecule has 19 heteroatoms. The molecule has 4 amide bonds. The Kier molecular flexibility index (Phi) is 26.1. The van der Waals surface area contributed by atoms with Gasteiger partial charge >= 0.3 is 30.3 Å². The lowest BCUT2D eigenvalue weighted by atomic mass is 10.6. The molecule has 1 unspecified atom stereocenters. The summed E-state index contributed by atoms with van der Waals surface area (Å²) in [4.78, 5) is 57.0. The number of amides is 4. The molecule has 0 heterocycles. The number of carbonyl (C=O) groups excluding carboxylic acids is 5. The van der Waals surface area contributed by atoms with E-state index in [0.29, 0.717) is 0 Å². The second kappa shape index (κ2) is 28.5. The molecule has 1 atom stereocenters. The molecule has 250 valence electrons. The molecule has 0 aliphatic carbocycles. The van der Waals surface area contributed by atoms with Crippen LogP contribution in [-0.4, -0.2) is 142 Å². The lowest BCUT2D eigenvalue weighted by molar-refractivity contribution is -0.141. The lowest BCUT2D eigenvalue weighted by Gasteiger charge is -2.10. The van der Waals surface area contributed by atoms with Crippen molar-refractivity contribution in [1.82, 2.24) is 21.3 Å². The van der Waals surface area contributed by atoms with Gasteiger partial charge in [-0.25, -0.2) is 19.2 Å². The molecule has 0 rings (SSSR count). The van der Waals surface area contributed by atoms with Crippen LogP contribution in [0.3, 0.4) is 0 Å². The third-order valence-electron chi connectivity index (χ3n) is 4.31. The summed E-state index contributed by atoms with van der Waals surface area (Å²) in [6.07, 6.45) is -3.12. The van der Waals surface area contributed by atoms with Gasteiger partial charge in [-0.3, -0.25) is 4.79 Å². The normalized spacial score (nSPS) is 11.0. The molecule has 0 aromatic rings. The van der Waals surface area contributed by atoms with Crippen molar-refractivity contribution in [1.29, 1.82) is 0 Å². The zero-order chi connectivity index (χ0) is 32.0. The number of esters is 1. The molecule has 0 aliphatic heterocycles. The molecule has 0 aliphatic rings. The van der Waals surface area contributed by atoms with Gasteiger partial charge in [-0.1, -0.05) is 0 Å². The van der Waals surface area contributed by atoms with E-state index in [4.69, 9.17) is 43.6 Å².